The molecule has 1 saturated carbocycles. The highest BCUT2D eigenvalue weighted by atomic mass is 35.5. The van der Waals surface area contributed by atoms with Crippen LogP contribution in [0.25, 0.3) is 0 Å². The largest absolute Gasteiger partial charge is 0.313 e. The van der Waals surface area contributed by atoms with Gasteiger partial charge in [0.25, 0.3) is 0 Å². The van der Waals surface area contributed by atoms with Gasteiger partial charge in [-0.2, -0.15) is 0 Å². The molecule has 0 bridgehead atoms. The molecule has 2 heteroatoms. The lowest BCUT2D eigenvalue weighted by Gasteiger charge is -2.19. The number of benzene rings is 1. The lowest BCUT2D eigenvalue weighted by atomic mass is 9.92. The summed E-state index contributed by atoms with van der Waals surface area (Å²) in [6.45, 7) is 3.36. The molecular formula is C19H30ClN. The van der Waals surface area contributed by atoms with Crippen LogP contribution in [0.2, 0.25) is 5.02 Å². The molecule has 0 aliphatic heterocycles. The van der Waals surface area contributed by atoms with E-state index in [2.05, 4.69) is 24.4 Å². The summed E-state index contributed by atoms with van der Waals surface area (Å²) in [6, 6.07) is 9.16. The Morgan fingerprint density at radius 3 is 2.52 bits per heavy atom. The quantitative estimate of drug-likeness (QED) is 0.500. The molecule has 1 aromatic carbocycles. The molecule has 118 valence electrons. The third kappa shape index (κ3) is 6.40. The summed E-state index contributed by atoms with van der Waals surface area (Å²) in [5, 5.41) is 4.62. The van der Waals surface area contributed by atoms with Crippen molar-refractivity contribution >= 4 is 11.6 Å². The minimum absolute atomic E-state index is 0.575. The zero-order valence-corrected chi connectivity index (χ0v) is 14.2. The molecule has 2 rings (SSSR count). The highest BCUT2D eigenvalue weighted by Gasteiger charge is 2.23. The van der Waals surface area contributed by atoms with Crippen LogP contribution in [0.1, 0.15) is 76.2 Å². The summed E-state index contributed by atoms with van der Waals surface area (Å²) in [6.07, 6.45) is 12.2. The Bertz CT molecular complexity index is 400. The van der Waals surface area contributed by atoms with E-state index in [4.69, 9.17) is 11.6 Å². The van der Waals surface area contributed by atoms with Crippen molar-refractivity contribution in [3.63, 3.8) is 0 Å². The SMILES string of the molecule is CCCCCCCCC(CNC1CC1)c1ccccc1Cl. The van der Waals surface area contributed by atoms with Gasteiger partial charge in [-0.25, -0.2) is 0 Å². The Kier molecular flexibility index (Phi) is 7.60. The van der Waals surface area contributed by atoms with E-state index in [0.717, 1.165) is 17.6 Å². The molecule has 0 aromatic heterocycles. The number of hydrogen-bond acceptors (Lipinski definition) is 1. The first-order valence-corrected chi connectivity index (χ1v) is 9.17. The fraction of sp³-hybridized carbons (Fsp3) is 0.684. The van der Waals surface area contributed by atoms with E-state index in [1.54, 1.807) is 0 Å². The zero-order chi connectivity index (χ0) is 14.9. The van der Waals surface area contributed by atoms with Crippen LogP contribution in [-0.2, 0) is 0 Å². The van der Waals surface area contributed by atoms with Crippen molar-refractivity contribution in [3.8, 4) is 0 Å². The van der Waals surface area contributed by atoms with Crippen molar-refractivity contribution in [1.82, 2.24) is 5.32 Å². The van der Waals surface area contributed by atoms with Gasteiger partial charge in [0, 0.05) is 17.6 Å². The molecule has 1 aliphatic carbocycles. The van der Waals surface area contributed by atoms with Gasteiger partial charge in [-0.05, 0) is 36.8 Å². The summed E-state index contributed by atoms with van der Waals surface area (Å²) in [5.74, 6) is 0.575. The van der Waals surface area contributed by atoms with Gasteiger partial charge in [0.2, 0.25) is 0 Å². The molecule has 21 heavy (non-hydrogen) atoms. The lowest BCUT2D eigenvalue weighted by Crippen LogP contribution is -2.23. The summed E-state index contributed by atoms with van der Waals surface area (Å²) < 4.78 is 0. The minimum Gasteiger partial charge on any atom is -0.313 e. The fourth-order valence-electron chi connectivity index (χ4n) is 2.94. The maximum Gasteiger partial charge on any atom is 0.0441 e. The topological polar surface area (TPSA) is 12.0 Å². The molecule has 1 fully saturated rings. The van der Waals surface area contributed by atoms with Gasteiger partial charge in [-0.3, -0.25) is 0 Å². The van der Waals surface area contributed by atoms with Crippen molar-refractivity contribution in [2.45, 2.75) is 76.7 Å². The Labute approximate surface area is 135 Å². The van der Waals surface area contributed by atoms with Crippen molar-refractivity contribution < 1.29 is 0 Å². The van der Waals surface area contributed by atoms with Gasteiger partial charge in [0.05, 0.1) is 0 Å². The van der Waals surface area contributed by atoms with E-state index in [-0.39, 0.29) is 0 Å². The predicted octanol–water partition coefficient (Wildman–Crippen LogP) is 5.93. The van der Waals surface area contributed by atoms with Crippen LogP contribution in [0.4, 0.5) is 0 Å². The molecule has 1 atom stereocenters. The van der Waals surface area contributed by atoms with Gasteiger partial charge in [-0.15, -0.1) is 0 Å². The van der Waals surface area contributed by atoms with E-state index < -0.39 is 0 Å². The van der Waals surface area contributed by atoms with Crippen LogP contribution in [-0.4, -0.2) is 12.6 Å². The molecule has 1 N–H and O–H groups in total. The van der Waals surface area contributed by atoms with E-state index in [1.165, 1.54) is 63.4 Å². The van der Waals surface area contributed by atoms with Crippen molar-refractivity contribution in [2.24, 2.45) is 0 Å². The van der Waals surface area contributed by atoms with E-state index in [1.807, 2.05) is 12.1 Å². The number of nitrogens with one attached hydrogen (secondary N) is 1. The predicted molar refractivity (Wildman–Crippen MR) is 93.2 cm³/mol. The first-order chi connectivity index (χ1) is 10.3. The Balaban J connectivity index is 1.79. The maximum atomic E-state index is 6.40. The van der Waals surface area contributed by atoms with Gasteiger partial charge >= 0.3 is 0 Å². The summed E-state index contributed by atoms with van der Waals surface area (Å²) in [4.78, 5) is 0. The van der Waals surface area contributed by atoms with E-state index >= 15 is 0 Å². The van der Waals surface area contributed by atoms with E-state index in [0.29, 0.717) is 5.92 Å². The van der Waals surface area contributed by atoms with Crippen LogP contribution < -0.4 is 5.32 Å². The number of halogens is 1. The molecule has 1 unspecified atom stereocenters. The number of rotatable bonds is 11. The molecule has 1 aliphatic rings. The standard InChI is InChI=1S/C19H30ClN/c1-2-3-4-5-6-7-10-16(15-21-17-13-14-17)18-11-8-9-12-19(18)20/h8-9,11-12,16-17,21H,2-7,10,13-15H2,1H3. The van der Waals surface area contributed by atoms with E-state index in [9.17, 15) is 0 Å². The zero-order valence-electron chi connectivity index (χ0n) is 13.4. The Morgan fingerprint density at radius 1 is 1.10 bits per heavy atom. The van der Waals surface area contributed by atoms with Gasteiger partial charge in [0.15, 0.2) is 0 Å². The smallest absolute Gasteiger partial charge is 0.0441 e. The second-order valence-electron chi connectivity index (χ2n) is 6.46. The monoisotopic (exact) mass is 307 g/mol. The maximum absolute atomic E-state index is 6.40. The van der Waals surface area contributed by atoms with Gasteiger partial charge < -0.3 is 5.32 Å². The van der Waals surface area contributed by atoms with Crippen molar-refractivity contribution in [2.75, 3.05) is 6.54 Å². The van der Waals surface area contributed by atoms with Crippen LogP contribution >= 0.6 is 11.6 Å². The van der Waals surface area contributed by atoms with Gasteiger partial charge in [0.1, 0.15) is 0 Å². The van der Waals surface area contributed by atoms with Crippen LogP contribution in [0.5, 0.6) is 0 Å². The van der Waals surface area contributed by atoms with Crippen molar-refractivity contribution in [3.05, 3.63) is 34.9 Å². The lowest BCUT2D eigenvalue weighted by molar-refractivity contribution is 0.505. The fourth-order valence-corrected chi connectivity index (χ4v) is 3.23. The summed E-state index contributed by atoms with van der Waals surface area (Å²) in [5.41, 5.74) is 1.33. The highest BCUT2D eigenvalue weighted by Crippen LogP contribution is 2.29. The summed E-state index contributed by atoms with van der Waals surface area (Å²) in [7, 11) is 0. The molecular weight excluding hydrogens is 278 g/mol. The summed E-state index contributed by atoms with van der Waals surface area (Å²) >= 11 is 6.40. The molecule has 0 spiro atoms. The molecule has 1 nitrogen and oxygen atoms in total. The first kappa shape index (κ1) is 16.8. The molecule has 0 saturated heterocycles. The molecule has 0 amide bonds. The number of unbranched alkanes of at least 4 members (excludes halogenated alkanes) is 5. The Morgan fingerprint density at radius 2 is 1.81 bits per heavy atom. The number of hydrogen-bond donors (Lipinski definition) is 1. The second-order valence-corrected chi connectivity index (χ2v) is 6.86. The van der Waals surface area contributed by atoms with Crippen LogP contribution in [0.3, 0.4) is 0 Å². The van der Waals surface area contributed by atoms with Crippen LogP contribution in [0, 0.1) is 0 Å². The highest BCUT2D eigenvalue weighted by molar-refractivity contribution is 6.31. The second kappa shape index (κ2) is 9.48. The normalized spacial score (nSPS) is 16.1. The first-order valence-electron chi connectivity index (χ1n) is 8.79. The molecule has 1 aromatic rings. The molecule has 0 radical (unpaired) electrons. The van der Waals surface area contributed by atoms with Crippen LogP contribution in [0.15, 0.2) is 24.3 Å². The average Bonchev–Trinajstić information content (AvgIpc) is 3.31. The Hall–Kier alpha value is -0.530. The van der Waals surface area contributed by atoms with Gasteiger partial charge in [-0.1, -0.05) is 75.2 Å². The van der Waals surface area contributed by atoms with Crippen molar-refractivity contribution in [1.29, 1.82) is 0 Å². The minimum atomic E-state index is 0.575. The molecule has 0 heterocycles. The third-order valence-corrected chi connectivity index (χ3v) is 4.83. The third-order valence-electron chi connectivity index (χ3n) is 4.48. The average molecular weight is 308 g/mol.